The number of nitrogens with one attached hydrogen (secondary N) is 2. The van der Waals surface area contributed by atoms with Crippen LogP contribution >= 0.6 is 0 Å². The van der Waals surface area contributed by atoms with E-state index in [4.69, 9.17) is 9.73 Å². The minimum Gasteiger partial charge on any atom is -0.380 e. The molecule has 2 fully saturated rings. The molecule has 0 aromatic rings. The highest BCUT2D eigenvalue weighted by Crippen LogP contribution is 2.26. The van der Waals surface area contributed by atoms with E-state index in [0.717, 1.165) is 71.0 Å². The van der Waals surface area contributed by atoms with Gasteiger partial charge in [-0.25, -0.2) is 0 Å². The Morgan fingerprint density at radius 2 is 1.88 bits per heavy atom. The molecule has 2 heterocycles. The molecule has 0 aliphatic carbocycles. The summed E-state index contributed by atoms with van der Waals surface area (Å²) in [6, 6.07) is 0.383. The number of aliphatic imine (C=N–C) groups is 1. The van der Waals surface area contributed by atoms with Crippen molar-refractivity contribution in [2.45, 2.75) is 59.4 Å². The van der Waals surface area contributed by atoms with Gasteiger partial charge in [-0.1, -0.05) is 20.8 Å². The van der Waals surface area contributed by atoms with E-state index in [2.05, 4.69) is 38.3 Å². The molecule has 0 saturated carbocycles. The van der Waals surface area contributed by atoms with Crippen molar-refractivity contribution >= 4 is 11.9 Å². The van der Waals surface area contributed by atoms with Crippen LogP contribution in [0.1, 0.15) is 53.4 Å². The topological polar surface area (TPSA) is 66.0 Å². The van der Waals surface area contributed by atoms with Crippen LogP contribution < -0.4 is 10.6 Å². The van der Waals surface area contributed by atoms with Crippen molar-refractivity contribution in [1.29, 1.82) is 0 Å². The van der Waals surface area contributed by atoms with Crippen LogP contribution in [-0.4, -0.2) is 62.2 Å². The Hall–Kier alpha value is -1.30. The summed E-state index contributed by atoms with van der Waals surface area (Å²) in [5.74, 6) is 1.41. The molecule has 2 rings (SSSR count). The van der Waals surface area contributed by atoms with E-state index in [0.29, 0.717) is 11.9 Å². The molecule has 25 heavy (non-hydrogen) atoms. The number of guanidine groups is 1. The van der Waals surface area contributed by atoms with Gasteiger partial charge in [0, 0.05) is 37.0 Å². The van der Waals surface area contributed by atoms with Crippen LogP contribution in [0.2, 0.25) is 0 Å². The number of ether oxygens (including phenoxy) is 1. The Kier molecular flexibility index (Phi) is 7.54. The van der Waals surface area contributed by atoms with Crippen LogP contribution in [0.15, 0.2) is 4.99 Å². The van der Waals surface area contributed by atoms with Crippen molar-refractivity contribution < 1.29 is 9.53 Å². The van der Waals surface area contributed by atoms with Crippen LogP contribution in [0.5, 0.6) is 0 Å². The number of amides is 1. The highest BCUT2D eigenvalue weighted by Gasteiger charge is 2.33. The van der Waals surface area contributed by atoms with Crippen LogP contribution in [0, 0.1) is 11.3 Å². The maximum atomic E-state index is 12.5. The van der Waals surface area contributed by atoms with Gasteiger partial charge < -0.3 is 20.3 Å². The second-order valence-electron chi connectivity index (χ2n) is 7.76. The zero-order valence-corrected chi connectivity index (χ0v) is 16.4. The molecule has 0 unspecified atom stereocenters. The van der Waals surface area contributed by atoms with Crippen molar-refractivity contribution in [3.8, 4) is 0 Å². The lowest BCUT2D eigenvalue weighted by Crippen LogP contribution is -2.51. The third-order valence-corrected chi connectivity index (χ3v) is 5.35. The number of nitrogens with zero attached hydrogens (tertiary/aromatic N) is 2. The minimum atomic E-state index is 0.188. The number of piperidine rings is 1. The second kappa shape index (κ2) is 9.41. The lowest BCUT2D eigenvalue weighted by Gasteiger charge is -2.37. The summed E-state index contributed by atoms with van der Waals surface area (Å²) in [6.45, 7) is 13.4. The van der Waals surface area contributed by atoms with E-state index < -0.39 is 0 Å². The monoisotopic (exact) mass is 352 g/mol. The number of carbonyl (C=O) groups is 1. The van der Waals surface area contributed by atoms with Gasteiger partial charge in [0.2, 0.25) is 5.91 Å². The molecule has 0 aromatic heterocycles. The molecule has 2 aliphatic rings. The molecule has 2 N–H and O–H groups in total. The highest BCUT2D eigenvalue weighted by atomic mass is 16.5. The molecule has 0 aromatic carbocycles. The zero-order chi connectivity index (χ0) is 18.3. The first-order chi connectivity index (χ1) is 12.0. The Morgan fingerprint density at radius 1 is 1.24 bits per heavy atom. The van der Waals surface area contributed by atoms with Crippen molar-refractivity contribution in [1.82, 2.24) is 15.5 Å². The Bertz CT molecular complexity index is 450. The third-order valence-electron chi connectivity index (χ3n) is 5.35. The van der Waals surface area contributed by atoms with Crippen molar-refractivity contribution in [3.63, 3.8) is 0 Å². The molecule has 2 aliphatic heterocycles. The van der Waals surface area contributed by atoms with Crippen LogP contribution in [0.3, 0.4) is 0 Å². The van der Waals surface area contributed by atoms with E-state index in [1.54, 1.807) is 0 Å². The standard InChI is InChI=1S/C19H36N4O2/c1-5-15(6-2)17(24)23-10-8-16(9-11-23)22-18(20-7-3)21-12-19(4)13-25-14-19/h15-16H,5-14H2,1-4H3,(H2,20,21,22). The zero-order valence-electron chi connectivity index (χ0n) is 16.4. The maximum absolute atomic E-state index is 12.5. The van der Waals surface area contributed by atoms with E-state index in [1.807, 2.05) is 4.90 Å². The SMILES string of the molecule is CCNC(=NCC1(C)COC1)NC1CCN(C(=O)C(CC)CC)CC1. The number of rotatable bonds is 7. The van der Waals surface area contributed by atoms with Crippen LogP contribution in [-0.2, 0) is 9.53 Å². The molecule has 1 amide bonds. The highest BCUT2D eigenvalue weighted by molar-refractivity contribution is 5.80. The molecule has 0 bridgehead atoms. The summed E-state index contributed by atoms with van der Waals surface area (Å²) in [4.78, 5) is 19.3. The lowest BCUT2D eigenvalue weighted by molar-refractivity contribution is -0.136. The van der Waals surface area contributed by atoms with E-state index >= 15 is 0 Å². The maximum Gasteiger partial charge on any atom is 0.225 e. The Balaban J connectivity index is 1.82. The quantitative estimate of drug-likeness (QED) is 0.543. The summed E-state index contributed by atoms with van der Waals surface area (Å²) in [5.41, 5.74) is 0.188. The molecular formula is C19H36N4O2. The van der Waals surface area contributed by atoms with Gasteiger partial charge in [0.05, 0.1) is 19.8 Å². The second-order valence-corrected chi connectivity index (χ2v) is 7.76. The normalized spacial score (nSPS) is 21.2. The van der Waals surface area contributed by atoms with E-state index in [9.17, 15) is 4.79 Å². The summed E-state index contributed by atoms with van der Waals surface area (Å²) < 4.78 is 5.30. The van der Waals surface area contributed by atoms with Crippen molar-refractivity contribution in [3.05, 3.63) is 0 Å². The molecule has 0 atom stereocenters. The molecular weight excluding hydrogens is 316 g/mol. The van der Waals surface area contributed by atoms with Gasteiger partial charge >= 0.3 is 0 Å². The lowest BCUT2D eigenvalue weighted by atomic mass is 9.89. The smallest absolute Gasteiger partial charge is 0.225 e. The van der Waals surface area contributed by atoms with Crippen LogP contribution in [0.25, 0.3) is 0 Å². The van der Waals surface area contributed by atoms with Gasteiger partial charge in [0.1, 0.15) is 0 Å². The molecule has 6 heteroatoms. The summed E-state index contributed by atoms with van der Waals surface area (Å²) in [7, 11) is 0. The van der Waals surface area contributed by atoms with Gasteiger partial charge in [0.25, 0.3) is 0 Å². The minimum absolute atomic E-state index is 0.188. The summed E-state index contributed by atoms with van der Waals surface area (Å²) >= 11 is 0. The Morgan fingerprint density at radius 3 is 2.36 bits per heavy atom. The fourth-order valence-corrected chi connectivity index (χ4v) is 3.47. The van der Waals surface area contributed by atoms with Gasteiger partial charge in [0.15, 0.2) is 5.96 Å². The first kappa shape index (κ1) is 20.0. The average Bonchev–Trinajstić information content (AvgIpc) is 2.60. The molecule has 2 saturated heterocycles. The average molecular weight is 353 g/mol. The fourth-order valence-electron chi connectivity index (χ4n) is 3.47. The molecule has 144 valence electrons. The Labute approximate surface area is 152 Å². The fraction of sp³-hybridized carbons (Fsp3) is 0.895. The first-order valence-electron chi connectivity index (χ1n) is 9.92. The van der Waals surface area contributed by atoms with Gasteiger partial charge in [-0.15, -0.1) is 0 Å². The molecule has 6 nitrogen and oxygen atoms in total. The number of hydrogen-bond acceptors (Lipinski definition) is 3. The van der Waals surface area contributed by atoms with Crippen molar-refractivity contribution in [2.75, 3.05) is 39.4 Å². The van der Waals surface area contributed by atoms with Crippen molar-refractivity contribution in [2.24, 2.45) is 16.3 Å². The van der Waals surface area contributed by atoms with E-state index in [-0.39, 0.29) is 11.3 Å². The molecule has 0 spiro atoms. The summed E-state index contributed by atoms with van der Waals surface area (Å²) in [5, 5.41) is 6.89. The summed E-state index contributed by atoms with van der Waals surface area (Å²) in [6.07, 6.45) is 3.84. The molecule has 0 radical (unpaired) electrons. The van der Waals surface area contributed by atoms with E-state index in [1.165, 1.54) is 0 Å². The first-order valence-corrected chi connectivity index (χ1v) is 9.92. The van der Waals surface area contributed by atoms with Gasteiger partial charge in [-0.3, -0.25) is 9.79 Å². The number of likely N-dealkylation sites (tertiary alicyclic amines) is 1. The predicted molar refractivity (Wildman–Crippen MR) is 102 cm³/mol. The van der Waals surface area contributed by atoms with Crippen LogP contribution in [0.4, 0.5) is 0 Å². The predicted octanol–water partition coefficient (Wildman–Crippen LogP) is 2.01. The number of hydrogen-bond donors (Lipinski definition) is 2. The number of carbonyl (C=O) groups excluding carboxylic acids is 1. The van der Waals surface area contributed by atoms with Gasteiger partial charge in [-0.05, 0) is 32.6 Å². The van der Waals surface area contributed by atoms with Gasteiger partial charge in [-0.2, -0.15) is 0 Å². The largest absolute Gasteiger partial charge is 0.380 e. The third kappa shape index (κ3) is 5.59.